The smallest absolute Gasteiger partial charge is 0.144 e. The number of hydrogen-bond donors (Lipinski definition) is 1. The second-order valence-corrected chi connectivity index (χ2v) is 5.30. The van der Waals surface area contributed by atoms with Crippen molar-refractivity contribution in [3.63, 3.8) is 0 Å². The molecule has 0 aliphatic heterocycles. The lowest BCUT2D eigenvalue weighted by Gasteiger charge is -2.29. The summed E-state index contributed by atoms with van der Waals surface area (Å²) in [5.41, 5.74) is 6.56. The van der Waals surface area contributed by atoms with Gasteiger partial charge in [-0.15, -0.1) is 0 Å². The van der Waals surface area contributed by atoms with Gasteiger partial charge in [0.25, 0.3) is 0 Å². The zero-order valence-corrected chi connectivity index (χ0v) is 11.0. The van der Waals surface area contributed by atoms with Gasteiger partial charge in [0.2, 0.25) is 0 Å². The van der Waals surface area contributed by atoms with Crippen LogP contribution in [0.4, 0.5) is 5.69 Å². The molecule has 1 aromatic carbocycles. The molecule has 2 unspecified atom stereocenters. The Kier molecular flexibility index (Phi) is 4.16. The fourth-order valence-electron chi connectivity index (χ4n) is 2.51. The lowest BCUT2D eigenvalue weighted by molar-refractivity contribution is 0.123. The van der Waals surface area contributed by atoms with Gasteiger partial charge in [-0.05, 0) is 37.3 Å². The average molecular weight is 254 g/mol. The number of anilines is 1. The molecule has 0 saturated heterocycles. The minimum Gasteiger partial charge on any atom is -0.488 e. The summed E-state index contributed by atoms with van der Waals surface area (Å²) in [6.45, 7) is 2.25. The summed E-state index contributed by atoms with van der Waals surface area (Å²) >= 11 is 5.95. The SMILES string of the molecule is CCC1CCCC(Oc2cc(Cl)ccc2N)C1. The highest BCUT2D eigenvalue weighted by Crippen LogP contribution is 2.32. The number of halogens is 1. The molecule has 3 heteroatoms. The van der Waals surface area contributed by atoms with Crippen molar-refractivity contribution in [2.24, 2.45) is 5.92 Å². The standard InChI is InChI=1S/C14H20ClNO/c1-2-10-4-3-5-12(8-10)17-14-9-11(15)6-7-13(14)16/h6-7,9-10,12H,2-5,8,16H2,1H3. The molecule has 1 aliphatic carbocycles. The van der Waals surface area contributed by atoms with Gasteiger partial charge < -0.3 is 10.5 Å². The van der Waals surface area contributed by atoms with Gasteiger partial charge >= 0.3 is 0 Å². The molecule has 2 rings (SSSR count). The van der Waals surface area contributed by atoms with Crippen LogP contribution >= 0.6 is 11.6 Å². The predicted molar refractivity (Wildman–Crippen MR) is 72.5 cm³/mol. The highest BCUT2D eigenvalue weighted by atomic mass is 35.5. The van der Waals surface area contributed by atoms with Gasteiger partial charge in [0.1, 0.15) is 5.75 Å². The summed E-state index contributed by atoms with van der Waals surface area (Å²) in [6.07, 6.45) is 6.40. The second kappa shape index (κ2) is 5.63. The van der Waals surface area contributed by atoms with E-state index in [0.717, 1.165) is 24.5 Å². The van der Waals surface area contributed by atoms with E-state index in [1.165, 1.54) is 19.3 Å². The van der Waals surface area contributed by atoms with E-state index in [4.69, 9.17) is 22.1 Å². The van der Waals surface area contributed by atoms with Crippen LogP contribution in [0.1, 0.15) is 39.0 Å². The quantitative estimate of drug-likeness (QED) is 0.817. The first kappa shape index (κ1) is 12.6. The number of rotatable bonds is 3. The molecule has 0 amide bonds. The Morgan fingerprint density at radius 3 is 3.00 bits per heavy atom. The Bertz CT molecular complexity index is 380. The fraction of sp³-hybridized carbons (Fsp3) is 0.571. The Hall–Kier alpha value is -0.890. The molecule has 1 saturated carbocycles. The van der Waals surface area contributed by atoms with Gasteiger partial charge in [0, 0.05) is 11.1 Å². The van der Waals surface area contributed by atoms with Gasteiger partial charge in [-0.3, -0.25) is 0 Å². The average Bonchev–Trinajstić information content (AvgIpc) is 2.34. The van der Waals surface area contributed by atoms with Crippen molar-refractivity contribution in [2.75, 3.05) is 5.73 Å². The van der Waals surface area contributed by atoms with Crippen LogP contribution in [0, 0.1) is 5.92 Å². The third-order valence-electron chi connectivity index (χ3n) is 3.58. The molecule has 0 heterocycles. The topological polar surface area (TPSA) is 35.2 Å². The zero-order valence-electron chi connectivity index (χ0n) is 10.3. The fourth-order valence-corrected chi connectivity index (χ4v) is 2.67. The van der Waals surface area contributed by atoms with E-state index >= 15 is 0 Å². The molecule has 1 fully saturated rings. The van der Waals surface area contributed by atoms with Crippen LogP contribution < -0.4 is 10.5 Å². The van der Waals surface area contributed by atoms with Crippen molar-refractivity contribution in [2.45, 2.75) is 45.1 Å². The molecule has 2 nitrogen and oxygen atoms in total. The Balaban J connectivity index is 2.02. The molecule has 0 spiro atoms. The summed E-state index contributed by atoms with van der Waals surface area (Å²) in [5.74, 6) is 1.54. The van der Waals surface area contributed by atoms with Crippen LogP contribution in [0.2, 0.25) is 5.02 Å². The number of ether oxygens (including phenoxy) is 1. The minimum atomic E-state index is 0.300. The van der Waals surface area contributed by atoms with E-state index in [0.29, 0.717) is 16.8 Å². The highest BCUT2D eigenvalue weighted by Gasteiger charge is 2.22. The predicted octanol–water partition coefficient (Wildman–Crippen LogP) is 4.27. The Labute approximate surface area is 108 Å². The van der Waals surface area contributed by atoms with Crippen molar-refractivity contribution >= 4 is 17.3 Å². The third-order valence-corrected chi connectivity index (χ3v) is 3.82. The van der Waals surface area contributed by atoms with E-state index in [1.54, 1.807) is 12.1 Å². The highest BCUT2D eigenvalue weighted by molar-refractivity contribution is 6.30. The lowest BCUT2D eigenvalue weighted by Crippen LogP contribution is -2.25. The van der Waals surface area contributed by atoms with Crippen molar-refractivity contribution in [3.8, 4) is 5.75 Å². The molecule has 1 aliphatic rings. The molecule has 0 aromatic heterocycles. The summed E-state index contributed by atoms with van der Waals surface area (Å²) in [4.78, 5) is 0. The van der Waals surface area contributed by atoms with E-state index in [9.17, 15) is 0 Å². The Morgan fingerprint density at radius 1 is 1.41 bits per heavy atom. The van der Waals surface area contributed by atoms with Gasteiger partial charge in [-0.2, -0.15) is 0 Å². The van der Waals surface area contributed by atoms with Crippen molar-refractivity contribution < 1.29 is 4.74 Å². The van der Waals surface area contributed by atoms with E-state index in [1.807, 2.05) is 6.07 Å². The van der Waals surface area contributed by atoms with Crippen molar-refractivity contribution in [1.82, 2.24) is 0 Å². The van der Waals surface area contributed by atoms with Gasteiger partial charge in [-0.1, -0.05) is 31.4 Å². The van der Waals surface area contributed by atoms with Crippen LogP contribution in [-0.4, -0.2) is 6.10 Å². The molecular formula is C14H20ClNO. The minimum absolute atomic E-state index is 0.300. The first-order chi connectivity index (χ1) is 8.19. The summed E-state index contributed by atoms with van der Waals surface area (Å²) < 4.78 is 5.99. The molecule has 17 heavy (non-hydrogen) atoms. The first-order valence-electron chi connectivity index (χ1n) is 6.40. The van der Waals surface area contributed by atoms with E-state index in [-0.39, 0.29) is 0 Å². The Morgan fingerprint density at radius 2 is 2.24 bits per heavy atom. The van der Waals surface area contributed by atoms with Gasteiger partial charge in [0.15, 0.2) is 0 Å². The second-order valence-electron chi connectivity index (χ2n) is 4.86. The zero-order chi connectivity index (χ0) is 12.3. The monoisotopic (exact) mass is 253 g/mol. The molecular weight excluding hydrogens is 234 g/mol. The number of nitrogen functional groups attached to an aromatic ring is 1. The summed E-state index contributed by atoms with van der Waals surface area (Å²) in [7, 11) is 0. The van der Waals surface area contributed by atoms with E-state index < -0.39 is 0 Å². The summed E-state index contributed by atoms with van der Waals surface area (Å²) in [6, 6.07) is 5.41. The van der Waals surface area contributed by atoms with Gasteiger partial charge in [0.05, 0.1) is 11.8 Å². The molecule has 0 radical (unpaired) electrons. The van der Waals surface area contributed by atoms with Crippen LogP contribution in [0.3, 0.4) is 0 Å². The van der Waals surface area contributed by atoms with Crippen LogP contribution in [0.25, 0.3) is 0 Å². The van der Waals surface area contributed by atoms with Crippen molar-refractivity contribution in [1.29, 1.82) is 0 Å². The molecule has 0 bridgehead atoms. The van der Waals surface area contributed by atoms with Gasteiger partial charge in [-0.25, -0.2) is 0 Å². The molecule has 2 atom stereocenters. The number of benzene rings is 1. The lowest BCUT2D eigenvalue weighted by atomic mass is 9.85. The maximum Gasteiger partial charge on any atom is 0.144 e. The van der Waals surface area contributed by atoms with E-state index in [2.05, 4.69) is 6.92 Å². The molecule has 2 N–H and O–H groups in total. The molecule has 1 aromatic rings. The maximum atomic E-state index is 5.99. The number of nitrogens with two attached hydrogens (primary N) is 1. The van der Waals surface area contributed by atoms with Crippen LogP contribution in [0.15, 0.2) is 18.2 Å². The maximum absolute atomic E-state index is 5.99. The third kappa shape index (κ3) is 3.29. The molecule has 94 valence electrons. The largest absolute Gasteiger partial charge is 0.488 e. The van der Waals surface area contributed by atoms with Crippen LogP contribution in [0.5, 0.6) is 5.75 Å². The van der Waals surface area contributed by atoms with Crippen molar-refractivity contribution in [3.05, 3.63) is 23.2 Å². The normalized spacial score (nSPS) is 24.6. The number of hydrogen-bond acceptors (Lipinski definition) is 2. The first-order valence-corrected chi connectivity index (χ1v) is 6.78. The van der Waals surface area contributed by atoms with Crippen LogP contribution in [-0.2, 0) is 0 Å². The summed E-state index contributed by atoms with van der Waals surface area (Å²) in [5, 5.41) is 0.678.